The Balaban J connectivity index is 0.00000169. The lowest BCUT2D eigenvalue weighted by atomic mass is 9.62. The van der Waals surface area contributed by atoms with Gasteiger partial charge in [0.1, 0.15) is 6.04 Å². The molecule has 2 saturated carbocycles. The van der Waals surface area contributed by atoms with Gasteiger partial charge in [0, 0.05) is 12.5 Å². The predicted molar refractivity (Wildman–Crippen MR) is 92.5 cm³/mol. The van der Waals surface area contributed by atoms with E-state index >= 15 is 0 Å². The van der Waals surface area contributed by atoms with Gasteiger partial charge in [-0.2, -0.15) is 0 Å². The summed E-state index contributed by atoms with van der Waals surface area (Å²) >= 11 is 0. The van der Waals surface area contributed by atoms with Crippen LogP contribution in [0.25, 0.3) is 0 Å². The van der Waals surface area contributed by atoms with Crippen LogP contribution >= 0.6 is 12.4 Å². The number of aliphatic carboxylic acids is 1. The lowest BCUT2D eigenvalue weighted by molar-refractivity contribution is -0.151. The summed E-state index contributed by atoms with van der Waals surface area (Å²) in [4.78, 5) is 26.5. The molecule has 0 radical (unpaired) electrons. The third kappa shape index (κ3) is 2.31. The van der Waals surface area contributed by atoms with Gasteiger partial charge in [-0.05, 0) is 41.4 Å². The molecule has 5 rings (SSSR count). The summed E-state index contributed by atoms with van der Waals surface area (Å²) in [5, 5.41) is 9.83. The molecule has 0 aromatic heterocycles. The van der Waals surface area contributed by atoms with Crippen LogP contribution in [0.5, 0.6) is 0 Å². The molecular formula is C18H27ClN2O3. The number of hydrogen-bond donors (Lipinski definition) is 2. The van der Waals surface area contributed by atoms with Crippen LogP contribution < -0.4 is 5.73 Å². The number of carboxylic acid groups (broad SMARTS) is 1. The van der Waals surface area contributed by atoms with Gasteiger partial charge in [-0.15, -0.1) is 12.4 Å². The molecule has 4 aliphatic carbocycles. The van der Waals surface area contributed by atoms with Gasteiger partial charge >= 0.3 is 5.97 Å². The molecule has 0 aromatic carbocycles. The highest BCUT2D eigenvalue weighted by atomic mass is 35.5. The first-order chi connectivity index (χ1) is 10.7. The zero-order valence-corrected chi connectivity index (χ0v) is 15.2. The Morgan fingerprint density at radius 1 is 1.17 bits per heavy atom. The topological polar surface area (TPSA) is 83.6 Å². The van der Waals surface area contributed by atoms with Gasteiger partial charge in [-0.3, -0.25) is 4.79 Å². The highest BCUT2D eigenvalue weighted by molar-refractivity contribution is 5.88. The second-order valence-electron chi connectivity index (χ2n) is 8.96. The molecule has 8 atom stereocenters. The number of nitrogens with two attached hydrogens (primary N) is 1. The van der Waals surface area contributed by atoms with E-state index in [1.807, 2.05) is 20.8 Å². The maximum Gasteiger partial charge on any atom is 0.326 e. The number of amides is 1. The van der Waals surface area contributed by atoms with Crippen molar-refractivity contribution in [1.82, 2.24) is 4.90 Å². The number of likely N-dealkylation sites (tertiary alicyclic amines) is 1. The average molecular weight is 355 g/mol. The van der Waals surface area contributed by atoms with E-state index in [0.717, 1.165) is 5.92 Å². The number of nitrogens with zero attached hydrogens (tertiary/aromatic N) is 1. The number of halogens is 1. The van der Waals surface area contributed by atoms with Crippen LogP contribution in [0.2, 0.25) is 0 Å². The maximum atomic E-state index is 12.9. The molecule has 3 unspecified atom stereocenters. The summed E-state index contributed by atoms with van der Waals surface area (Å²) in [5.41, 5.74) is 5.78. The average Bonchev–Trinajstić information content (AvgIpc) is 3.18. The second-order valence-corrected chi connectivity index (χ2v) is 8.96. The third-order valence-electron chi connectivity index (χ3n) is 6.71. The first-order valence-corrected chi connectivity index (χ1v) is 8.69. The van der Waals surface area contributed by atoms with E-state index in [2.05, 4.69) is 12.2 Å². The fourth-order valence-electron chi connectivity index (χ4n) is 5.39. The number of rotatable bonds is 2. The molecule has 0 aromatic rings. The van der Waals surface area contributed by atoms with Crippen LogP contribution in [-0.4, -0.2) is 40.5 Å². The first-order valence-electron chi connectivity index (χ1n) is 8.69. The van der Waals surface area contributed by atoms with Gasteiger partial charge in [0.2, 0.25) is 5.91 Å². The van der Waals surface area contributed by atoms with Gasteiger partial charge < -0.3 is 15.7 Å². The minimum absolute atomic E-state index is 0. The minimum atomic E-state index is -0.870. The molecular weight excluding hydrogens is 328 g/mol. The molecule has 134 valence electrons. The molecule has 1 aliphatic heterocycles. The largest absolute Gasteiger partial charge is 0.480 e. The fourth-order valence-corrected chi connectivity index (χ4v) is 5.39. The van der Waals surface area contributed by atoms with Gasteiger partial charge in [0.15, 0.2) is 0 Å². The van der Waals surface area contributed by atoms with Crippen molar-refractivity contribution in [2.24, 2.45) is 46.7 Å². The van der Waals surface area contributed by atoms with Crippen molar-refractivity contribution in [2.45, 2.75) is 39.3 Å². The SMILES string of the molecule is CC(C)(C)[C@H](N)C(=O)N1C[C@H]2C(C3C=C[C@@H]2[C@@H]2C[C@H]32)C1C(=O)O.Cl. The van der Waals surface area contributed by atoms with E-state index < -0.39 is 18.1 Å². The van der Waals surface area contributed by atoms with Crippen LogP contribution in [0.4, 0.5) is 0 Å². The van der Waals surface area contributed by atoms with Gasteiger partial charge in [0.25, 0.3) is 0 Å². The first kappa shape index (κ1) is 17.7. The van der Waals surface area contributed by atoms with E-state index in [1.165, 1.54) is 6.42 Å². The molecule has 6 heteroatoms. The van der Waals surface area contributed by atoms with Gasteiger partial charge in [-0.1, -0.05) is 32.9 Å². The summed E-state index contributed by atoms with van der Waals surface area (Å²) in [6.45, 7) is 6.33. The monoisotopic (exact) mass is 354 g/mol. The molecule has 1 saturated heterocycles. The summed E-state index contributed by atoms with van der Waals surface area (Å²) in [5.74, 6) is 1.47. The number of hydrogen-bond acceptors (Lipinski definition) is 3. The van der Waals surface area contributed by atoms with Crippen molar-refractivity contribution in [3.8, 4) is 0 Å². The normalized spacial score (nSPS) is 42.8. The lowest BCUT2D eigenvalue weighted by Crippen LogP contribution is -2.54. The van der Waals surface area contributed by atoms with E-state index in [9.17, 15) is 14.7 Å². The van der Waals surface area contributed by atoms with Crippen molar-refractivity contribution in [3.05, 3.63) is 12.2 Å². The van der Waals surface area contributed by atoms with Crippen molar-refractivity contribution in [1.29, 1.82) is 0 Å². The fraction of sp³-hybridized carbons (Fsp3) is 0.778. The molecule has 3 N–H and O–H groups in total. The number of carboxylic acids is 1. The van der Waals surface area contributed by atoms with E-state index in [1.54, 1.807) is 4.90 Å². The Morgan fingerprint density at radius 2 is 1.75 bits per heavy atom. The van der Waals surface area contributed by atoms with Crippen molar-refractivity contribution < 1.29 is 14.7 Å². The lowest BCUT2D eigenvalue weighted by Gasteiger charge is -2.41. The number of allylic oxidation sites excluding steroid dienone is 2. The van der Waals surface area contributed by atoms with Crippen LogP contribution in [0.3, 0.4) is 0 Å². The zero-order valence-electron chi connectivity index (χ0n) is 14.4. The number of carbonyl (C=O) groups excluding carboxylic acids is 1. The van der Waals surface area contributed by atoms with E-state index in [-0.39, 0.29) is 29.6 Å². The van der Waals surface area contributed by atoms with E-state index in [0.29, 0.717) is 30.2 Å². The Bertz CT molecular complexity index is 600. The molecule has 5 aliphatic rings. The van der Waals surface area contributed by atoms with Crippen molar-refractivity contribution >= 4 is 24.3 Å². The standard InChI is InChI=1S/C18H26N2O3.ClH/c1-18(2,3)15(19)16(21)20-7-12-8-4-5-9(11-6-10(8)11)13(12)14(20)17(22)23;/h4-5,8-15H,6-7,19H2,1-3H3,(H,22,23);1H/t8-,9?,10+,11-,12-,13?,14?,15-;/m1./s1. The highest BCUT2D eigenvalue weighted by Gasteiger charge is 2.65. The smallest absolute Gasteiger partial charge is 0.326 e. The molecule has 2 bridgehead atoms. The second kappa shape index (κ2) is 5.46. The summed E-state index contributed by atoms with van der Waals surface area (Å²) < 4.78 is 0. The Morgan fingerprint density at radius 3 is 2.33 bits per heavy atom. The van der Waals surface area contributed by atoms with Crippen LogP contribution in [0.15, 0.2) is 12.2 Å². The molecule has 1 amide bonds. The van der Waals surface area contributed by atoms with Crippen LogP contribution in [-0.2, 0) is 9.59 Å². The third-order valence-corrected chi connectivity index (χ3v) is 6.71. The maximum absolute atomic E-state index is 12.9. The zero-order chi connectivity index (χ0) is 16.7. The molecule has 1 heterocycles. The highest BCUT2D eigenvalue weighted by Crippen LogP contribution is 2.66. The van der Waals surface area contributed by atoms with Gasteiger partial charge in [0.05, 0.1) is 6.04 Å². The molecule has 24 heavy (non-hydrogen) atoms. The molecule has 3 fully saturated rings. The Kier molecular flexibility index (Phi) is 4.04. The Labute approximate surface area is 149 Å². The van der Waals surface area contributed by atoms with E-state index in [4.69, 9.17) is 5.73 Å². The quantitative estimate of drug-likeness (QED) is 0.740. The summed E-state index contributed by atoms with van der Waals surface area (Å²) in [6, 6.07) is -1.37. The van der Waals surface area contributed by atoms with Gasteiger partial charge in [-0.25, -0.2) is 4.79 Å². The summed E-state index contributed by atoms with van der Waals surface area (Å²) in [7, 11) is 0. The van der Waals surface area contributed by atoms with Crippen LogP contribution in [0, 0.1) is 40.9 Å². The minimum Gasteiger partial charge on any atom is -0.480 e. The number of carbonyl (C=O) groups is 2. The predicted octanol–water partition coefficient (Wildman–Crippen LogP) is 1.76. The molecule has 0 spiro atoms. The van der Waals surface area contributed by atoms with Crippen molar-refractivity contribution in [3.63, 3.8) is 0 Å². The molecule has 5 nitrogen and oxygen atoms in total. The van der Waals surface area contributed by atoms with Crippen molar-refractivity contribution in [2.75, 3.05) is 6.54 Å². The Hall–Kier alpha value is -1.07. The summed E-state index contributed by atoms with van der Waals surface area (Å²) in [6.07, 6.45) is 5.75. The van der Waals surface area contributed by atoms with Crippen LogP contribution in [0.1, 0.15) is 27.2 Å².